The second-order valence-corrected chi connectivity index (χ2v) is 9.57. The fourth-order valence-electron chi connectivity index (χ4n) is 5.86. The zero-order valence-electron chi connectivity index (χ0n) is 15.3. The van der Waals surface area contributed by atoms with Crippen LogP contribution < -0.4 is 0 Å². The molecule has 0 N–H and O–H groups in total. The van der Waals surface area contributed by atoms with Gasteiger partial charge in [0.2, 0.25) is 0 Å². The predicted molar refractivity (Wildman–Crippen MR) is 89.7 cm³/mol. The molecule has 0 radical (unpaired) electrons. The lowest BCUT2D eigenvalue weighted by Gasteiger charge is -2.58. The van der Waals surface area contributed by atoms with Crippen molar-refractivity contribution in [3.05, 3.63) is 0 Å². The second-order valence-electron chi connectivity index (χ2n) is 9.57. The first kappa shape index (κ1) is 16.4. The van der Waals surface area contributed by atoms with Crippen molar-refractivity contribution in [2.24, 2.45) is 46.3 Å². The van der Waals surface area contributed by atoms with Crippen LogP contribution in [0.1, 0.15) is 81.1 Å². The average Bonchev–Trinajstić information content (AvgIpc) is 2.32. The van der Waals surface area contributed by atoms with Crippen molar-refractivity contribution < 1.29 is 0 Å². The Hall–Kier alpha value is 0. The molecule has 20 heavy (non-hydrogen) atoms. The largest absolute Gasteiger partial charge is 0.0622 e. The van der Waals surface area contributed by atoms with Crippen LogP contribution in [0.15, 0.2) is 0 Å². The predicted octanol–water partition coefficient (Wildman–Crippen LogP) is 6.40. The van der Waals surface area contributed by atoms with Gasteiger partial charge in [-0.05, 0) is 72.0 Å². The highest BCUT2D eigenvalue weighted by Gasteiger charge is 2.52. The van der Waals surface area contributed by atoms with Gasteiger partial charge in [-0.3, -0.25) is 0 Å². The summed E-state index contributed by atoms with van der Waals surface area (Å²) < 4.78 is 0. The lowest BCUT2D eigenvalue weighted by molar-refractivity contribution is -0.0879. The summed E-state index contributed by atoms with van der Waals surface area (Å²) in [4.78, 5) is 0. The van der Waals surface area contributed by atoms with Gasteiger partial charge in [0.25, 0.3) is 0 Å². The standard InChI is InChI=1S/C20H38/c1-13-9-19(7,10-14(2)17(13)5)20(8)11-15(3)18(6)16(4)12-20/h13-18H,9-12H2,1-8H3. The first-order valence-corrected chi connectivity index (χ1v) is 9.09. The maximum atomic E-state index is 2.63. The lowest BCUT2D eigenvalue weighted by Crippen LogP contribution is -2.50. The minimum Gasteiger partial charge on any atom is -0.0622 e. The summed E-state index contributed by atoms with van der Waals surface area (Å²) in [7, 11) is 0. The van der Waals surface area contributed by atoms with Crippen LogP contribution in [0.4, 0.5) is 0 Å². The van der Waals surface area contributed by atoms with Gasteiger partial charge in [-0.2, -0.15) is 0 Å². The van der Waals surface area contributed by atoms with Gasteiger partial charge in [0.05, 0.1) is 0 Å². The highest BCUT2D eigenvalue weighted by Crippen LogP contribution is 2.61. The Morgan fingerprint density at radius 1 is 0.500 bits per heavy atom. The maximum absolute atomic E-state index is 2.63. The summed E-state index contributed by atoms with van der Waals surface area (Å²) in [6.07, 6.45) is 5.79. The number of hydrogen-bond donors (Lipinski definition) is 0. The van der Waals surface area contributed by atoms with Gasteiger partial charge in [-0.25, -0.2) is 0 Å². The van der Waals surface area contributed by atoms with Crippen LogP contribution in [0.5, 0.6) is 0 Å². The second kappa shape index (κ2) is 5.33. The summed E-state index contributed by atoms with van der Waals surface area (Å²) in [6, 6.07) is 0. The van der Waals surface area contributed by atoms with Crippen molar-refractivity contribution in [3.8, 4) is 0 Å². The van der Waals surface area contributed by atoms with E-state index in [1.165, 1.54) is 25.7 Å². The molecule has 2 rings (SSSR count). The molecule has 0 heterocycles. The van der Waals surface area contributed by atoms with Crippen LogP contribution in [0, 0.1) is 46.3 Å². The molecule has 0 saturated heterocycles. The summed E-state index contributed by atoms with van der Waals surface area (Å²) >= 11 is 0. The van der Waals surface area contributed by atoms with E-state index in [0.717, 1.165) is 35.5 Å². The van der Waals surface area contributed by atoms with Gasteiger partial charge in [-0.1, -0.05) is 55.4 Å². The molecule has 0 heteroatoms. The monoisotopic (exact) mass is 278 g/mol. The molecule has 2 aliphatic rings. The summed E-state index contributed by atoms with van der Waals surface area (Å²) in [5, 5.41) is 0. The van der Waals surface area contributed by atoms with Crippen molar-refractivity contribution in [2.75, 3.05) is 0 Å². The molecule has 0 amide bonds. The molecular weight excluding hydrogens is 240 g/mol. The van der Waals surface area contributed by atoms with Crippen molar-refractivity contribution in [2.45, 2.75) is 81.1 Å². The minimum atomic E-state index is 0.557. The van der Waals surface area contributed by atoms with Gasteiger partial charge in [0.15, 0.2) is 0 Å². The van der Waals surface area contributed by atoms with E-state index in [2.05, 4.69) is 55.4 Å². The number of rotatable bonds is 1. The highest BCUT2D eigenvalue weighted by molar-refractivity contribution is 5.02. The third-order valence-electron chi connectivity index (χ3n) is 8.14. The normalized spacial score (nSPS) is 57.6. The Balaban J connectivity index is 2.24. The zero-order chi connectivity index (χ0) is 15.3. The molecule has 2 saturated carbocycles. The lowest BCUT2D eigenvalue weighted by atomic mass is 9.47. The van der Waals surface area contributed by atoms with Crippen molar-refractivity contribution in [1.82, 2.24) is 0 Å². The molecule has 118 valence electrons. The fraction of sp³-hybridized carbons (Fsp3) is 1.00. The fourth-order valence-corrected chi connectivity index (χ4v) is 5.86. The molecule has 0 nitrogen and oxygen atoms in total. The van der Waals surface area contributed by atoms with Gasteiger partial charge >= 0.3 is 0 Å². The maximum Gasteiger partial charge on any atom is -0.0266 e. The Morgan fingerprint density at radius 3 is 0.900 bits per heavy atom. The molecule has 2 fully saturated rings. The molecule has 0 bridgehead atoms. The Labute approximate surface area is 128 Å². The van der Waals surface area contributed by atoms with Gasteiger partial charge in [-0.15, -0.1) is 0 Å². The summed E-state index contributed by atoms with van der Waals surface area (Å²) in [5.41, 5.74) is 1.11. The number of hydrogen-bond acceptors (Lipinski definition) is 0. The minimum absolute atomic E-state index is 0.557. The van der Waals surface area contributed by atoms with E-state index >= 15 is 0 Å². The molecule has 2 aliphatic carbocycles. The smallest absolute Gasteiger partial charge is 0.0266 e. The molecule has 4 unspecified atom stereocenters. The van der Waals surface area contributed by atoms with Crippen LogP contribution >= 0.6 is 0 Å². The molecule has 0 aromatic heterocycles. The first-order chi connectivity index (χ1) is 9.09. The van der Waals surface area contributed by atoms with Crippen LogP contribution in [0.3, 0.4) is 0 Å². The first-order valence-electron chi connectivity index (χ1n) is 9.09. The summed E-state index contributed by atoms with van der Waals surface area (Å²) in [5.74, 6) is 5.39. The quantitative estimate of drug-likeness (QED) is 0.520. The van der Waals surface area contributed by atoms with Crippen molar-refractivity contribution in [3.63, 3.8) is 0 Å². The van der Waals surface area contributed by atoms with E-state index in [0.29, 0.717) is 10.8 Å². The Kier molecular flexibility index (Phi) is 4.36. The third kappa shape index (κ3) is 2.57. The molecule has 0 spiro atoms. The van der Waals surface area contributed by atoms with Crippen LogP contribution in [-0.2, 0) is 0 Å². The van der Waals surface area contributed by atoms with Crippen LogP contribution in [-0.4, -0.2) is 0 Å². The van der Waals surface area contributed by atoms with E-state index in [1.807, 2.05) is 0 Å². The molecule has 4 atom stereocenters. The molecular formula is C20H38. The SMILES string of the molecule is CC1CC(C)(C2(C)CC(C)C(C)C(C)C2)CC(C)C1C. The van der Waals surface area contributed by atoms with Crippen molar-refractivity contribution in [1.29, 1.82) is 0 Å². The Morgan fingerprint density at radius 2 is 0.700 bits per heavy atom. The van der Waals surface area contributed by atoms with Gasteiger partial charge in [0.1, 0.15) is 0 Å². The van der Waals surface area contributed by atoms with Crippen LogP contribution in [0.25, 0.3) is 0 Å². The zero-order valence-corrected chi connectivity index (χ0v) is 15.3. The molecule has 0 aliphatic heterocycles. The van der Waals surface area contributed by atoms with Crippen molar-refractivity contribution >= 4 is 0 Å². The molecule has 0 aromatic rings. The highest BCUT2D eigenvalue weighted by atomic mass is 14.6. The van der Waals surface area contributed by atoms with Crippen LogP contribution in [0.2, 0.25) is 0 Å². The topological polar surface area (TPSA) is 0 Å². The third-order valence-corrected chi connectivity index (χ3v) is 8.14. The molecule has 0 aromatic carbocycles. The van der Waals surface area contributed by atoms with E-state index in [-0.39, 0.29) is 0 Å². The van der Waals surface area contributed by atoms with Gasteiger partial charge < -0.3 is 0 Å². The summed E-state index contributed by atoms with van der Waals surface area (Å²) in [6.45, 7) is 20.2. The average molecular weight is 279 g/mol. The van der Waals surface area contributed by atoms with Gasteiger partial charge in [0, 0.05) is 0 Å². The van der Waals surface area contributed by atoms with E-state index in [1.54, 1.807) is 0 Å². The van der Waals surface area contributed by atoms with E-state index in [4.69, 9.17) is 0 Å². The van der Waals surface area contributed by atoms with E-state index in [9.17, 15) is 0 Å². The Bertz CT molecular complexity index is 284. The van der Waals surface area contributed by atoms with E-state index < -0.39 is 0 Å².